The number of nitrogens with one attached hydrogen (secondary N) is 1. The third-order valence-electron chi connectivity index (χ3n) is 1.42. The van der Waals surface area contributed by atoms with Gasteiger partial charge in [-0.3, -0.25) is 9.52 Å². The lowest BCUT2D eigenvalue weighted by Crippen LogP contribution is -2.45. The van der Waals surface area contributed by atoms with Gasteiger partial charge in [-0.1, -0.05) is 0 Å². The molecule has 0 saturated heterocycles. The van der Waals surface area contributed by atoms with E-state index in [9.17, 15) is 13.2 Å². The van der Waals surface area contributed by atoms with Gasteiger partial charge in [0, 0.05) is 0 Å². The van der Waals surface area contributed by atoms with Crippen LogP contribution in [0.1, 0.15) is 27.7 Å². The van der Waals surface area contributed by atoms with Crippen LogP contribution >= 0.6 is 0 Å². The van der Waals surface area contributed by atoms with Gasteiger partial charge >= 0.3 is 0 Å². The highest BCUT2D eigenvalue weighted by atomic mass is 32.2. The zero-order valence-corrected chi connectivity index (χ0v) is 8.97. The number of rotatable bonds is 2. The van der Waals surface area contributed by atoms with Gasteiger partial charge in [0.15, 0.2) is 0 Å². The Morgan fingerprint density at radius 1 is 1.38 bits per heavy atom. The standard InChI is InChI=1S/C7H15NO4S/c1-5(9)6(10)8-13(11,12)7(2,3)4/h5,9H,1-4H3,(H,8,10)/t5-/m1/s1. The minimum atomic E-state index is -3.70. The van der Waals surface area contributed by atoms with Crippen molar-refractivity contribution in [2.75, 3.05) is 0 Å². The number of sulfonamides is 1. The predicted molar refractivity (Wildman–Crippen MR) is 48.5 cm³/mol. The first kappa shape index (κ1) is 12.4. The molecular formula is C7H15NO4S. The highest BCUT2D eigenvalue weighted by molar-refractivity contribution is 7.91. The summed E-state index contributed by atoms with van der Waals surface area (Å²) in [5.74, 6) is -0.907. The second-order valence-corrected chi connectivity index (χ2v) is 6.19. The van der Waals surface area contributed by atoms with E-state index >= 15 is 0 Å². The molecule has 1 atom stereocenters. The fourth-order valence-electron chi connectivity index (χ4n) is 0.371. The molecule has 0 heterocycles. The van der Waals surface area contributed by atoms with Crippen LogP contribution in [-0.4, -0.2) is 30.3 Å². The summed E-state index contributed by atoms with van der Waals surface area (Å²) >= 11 is 0. The summed E-state index contributed by atoms with van der Waals surface area (Å²) in [6.07, 6.45) is -1.32. The molecule has 1 amide bonds. The summed E-state index contributed by atoms with van der Waals surface area (Å²) in [5.41, 5.74) is 0. The van der Waals surface area contributed by atoms with E-state index in [1.807, 2.05) is 0 Å². The Hall–Kier alpha value is -0.620. The SMILES string of the molecule is C[C@@H](O)C(=O)NS(=O)(=O)C(C)(C)C. The van der Waals surface area contributed by atoms with Gasteiger partial charge in [-0.25, -0.2) is 8.42 Å². The van der Waals surface area contributed by atoms with Crippen molar-refractivity contribution in [2.45, 2.75) is 38.5 Å². The molecule has 0 aromatic rings. The molecule has 0 aliphatic heterocycles. The third-order valence-corrected chi connectivity index (χ3v) is 3.50. The molecule has 2 N–H and O–H groups in total. The Labute approximate surface area is 78.2 Å². The van der Waals surface area contributed by atoms with E-state index in [2.05, 4.69) is 0 Å². The quantitative estimate of drug-likeness (QED) is 0.649. The zero-order chi connectivity index (χ0) is 10.9. The number of aliphatic hydroxyl groups excluding tert-OH is 1. The highest BCUT2D eigenvalue weighted by Gasteiger charge is 2.31. The minimum Gasteiger partial charge on any atom is -0.384 e. The molecule has 13 heavy (non-hydrogen) atoms. The lowest BCUT2D eigenvalue weighted by atomic mass is 10.3. The smallest absolute Gasteiger partial charge is 0.261 e. The van der Waals surface area contributed by atoms with E-state index in [0.717, 1.165) is 0 Å². The van der Waals surface area contributed by atoms with Gasteiger partial charge in [-0.05, 0) is 27.7 Å². The van der Waals surface area contributed by atoms with E-state index < -0.39 is 26.8 Å². The van der Waals surface area contributed by atoms with Crippen molar-refractivity contribution < 1.29 is 18.3 Å². The van der Waals surface area contributed by atoms with Gasteiger partial charge in [-0.15, -0.1) is 0 Å². The van der Waals surface area contributed by atoms with Crippen molar-refractivity contribution in [1.82, 2.24) is 4.72 Å². The molecule has 0 unspecified atom stereocenters. The van der Waals surface area contributed by atoms with E-state index in [1.165, 1.54) is 27.7 Å². The summed E-state index contributed by atoms with van der Waals surface area (Å²) in [7, 11) is -3.70. The van der Waals surface area contributed by atoms with Crippen molar-refractivity contribution in [3.05, 3.63) is 0 Å². The summed E-state index contributed by atoms with van der Waals surface area (Å²) in [5, 5.41) is 8.77. The van der Waals surface area contributed by atoms with E-state index in [-0.39, 0.29) is 0 Å². The number of amides is 1. The molecule has 78 valence electrons. The molecule has 0 aromatic heterocycles. The van der Waals surface area contributed by atoms with Crippen LogP contribution in [0.5, 0.6) is 0 Å². The molecule has 0 spiro atoms. The second-order valence-electron chi connectivity index (χ2n) is 3.76. The molecule has 0 aliphatic carbocycles. The van der Waals surface area contributed by atoms with Gasteiger partial charge in [-0.2, -0.15) is 0 Å². The van der Waals surface area contributed by atoms with E-state index in [4.69, 9.17) is 5.11 Å². The topological polar surface area (TPSA) is 83.5 Å². The zero-order valence-electron chi connectivity index (χ0n) is 8.16. The minimum absolute atomic E-state index is 0.907. The fourth-order valence-corrected chi connectivity index (χ4v) is 1.11. The molecular weight excluding hydrogens is 194 g/mol. The van der Waals surface area contributed by atoms with Crippen LogP contribution in [0.2, 0.25) is 0 Å². The lowest BCUT2D eigenvalue weighted by Gasteiger charge is -2.19. The largest absolute Gasteiger partial charge is 0.384 e. The van der Waals surface area contributed by atoms with Crippen LogP contribution in [-0.2, 0) is 14.8 Å². The van der Waals surface area contributed by atoms with Gasteiger partial charge in [0.05, 0.1) is 4.75 Å². The number of aliphatic hydroxyl groups is 1. The van der Waals surface area contributed by atoms with Crippen molar-refractivity contribution >= 4 is 15.9 Å². The maximum absolute atomic E-state index is 11.3. The highest BCUT2D eigenvalue weighted by Crippen LogP contribution is 2.12. The first-order valence-corrected chi connectivity index (χ1v) is 5.30. The van der Waals surface area contributed by atoms with Crippen molar-refractivity contribution in [1.29, 1.82) is 0 Å². The maximum Gasteiger partial charge on any atom is 0.261 e. The Morgan fingerprint density at radius 2 is 1.77 bits per heavy atom. The van der Waals surface area contributed by atoms with E-state index in [1.54, 1.807) is 4.72 Å². The number of hydrogen-bond acceptors (Lipinski definition) is 4. The number of hydrogen-bond donors (Lipinski definition) is 2. The predicted octanol–water partition coefficient (Wildman–Crippen LogP) is -0.388. The molecule has 0 radical (unpaired) electrons. The van der Waals surface area contributed by atoms with Gasteiger partial charge in [0.1, 0.15) is 6.10 Å². The maximum atomic E-state index is 11.3. The molecule has 0 aromatic carbocycles. The van der Waals surface area contributed by atoms with Crippen LogP contribution in [0.4, 0.5) is 0 Å². The second kappa shape index (κ2) is 3.63. The van der Waals surface area contributed by atoms with Gasteiger partial charge in [0.25, 0.3) is 5.91 Å². The molecule has 0 aliphatic rings. The van der Waals surface area contributed by atoms with Crippen LogP contribution in [0, 0.1) is 0 Å². The first-order valence-electron chi connectivity index (χ1n) is 3.82. The van der Waals surface area contributed by atoms with Crippen molar-refractivity contribution in [3.63, 3.8) is 0 Å². The fraction of sp³-hybridized carbons (Fsp3) is 0.857. The van der Waals surface area contributed by atoms with E-state index in [0.29, 0.717) is 0 Å². The van der Waals surface area contributed by atoms with Gasteiger partial charge in [0.2, 0.25) is 10.0 Å². The van der Waals surface area contributed by atoms with Crippen LogP contribution in [0.15, 0.2) is 0 Å². The summed E-state index contributed by atoms with van der Waals surface area (Å²) in [4.78, 5) is 10.9. The summed E-state index contributed by atoms with van der Waals surface area (Å²) in [6, 6.07) is 0. The van der Waals surface area contributed by atoms with Crippen LogP contribution < -0.4 is 4.72 Å². The number of carbonyl (C=O) groups is 1. The molecule has 5 nitrogen and oxygen atoms in total. The van der Waals surface area contributed by atoms with Crippen LogP contribution in [0.3, 0.4) is 0 Å². The Bertz CT molecular complexity index is 286. The Balaban J connectivity index is 4.65. The molecule has 6 heteroatoms. The molecule has 0 saturated carbocycles. The molecule has 0 rings (SSSR count). The summed E-state index contributed by atoms with van der Waals surface area (Å²) in [6.45, 7) is 5.59. The van der Waals surface area contributed by atoms with Gasteiger partial charge < -0.3 is 5.11 Å². The summed E-state index contributed by atoms with van der Waals surface area (Å²) < 4.78 is 23.4. The van der Waals surface area contributed by atoms with Crippen molar-refractivity contribution in [2.24, 2.45) is 0 Å². The Morgan fingerprint density at radius 3 is 2.00 bits per heavy atom. The average molecular weight is 209 g/mol. The van der Waals surface area contributed by atoms with Crippen LogP contribution in [0.25, 0.3) is 0 Å². The lowest BCUT2D eigenvalue weighted by molar-refractivity contribution is -0.126. The molecule has 0 fully saturated rings. The monoisotopic (exact) mass is 209 g/mol. The Kier molecular flexibility index (Phi) is 3.46. The number of carbonyl (C=O) groups excluding carboxylic acids is 1. The third kappa shape index (κ3) is 3.31. The average Bonchev–Trinajstić information content (AvgIpc) is 1.83. The normalized spacial score (nSPS) is 15.2. The molecule has 0 bridgehead atoms. The first-order chi connectivity index (χ1) is 5.58. The van der Waals surface area contributed by atoms with Crippen molar-refractivity contribution in [3.8, 4) is 0 Å².